The summed E-state index contributed by atoms with van der Waals surface area (Å²) in [6, 6.07) is 57.6. The number of hydrogen-bond acceptors (Lipinski definition) is 6. The van der Waals surface area contributed by atoms with Gasteiger partial charge in [0.1, 0.15) is 0 Å². The summed E-state index contributed by atoms with van der Waals surface area (Å²) in [5.41, 5.74) is 12.0. The van der Waals surface area contributed by atoms with Gasteiger partial charge in [0.2, 0.25) is 0 Å². The molecule has 61 heavy (non-hydrogen) atoms. The Morgan fingerprint density at radius 1 is 0.492 bits per heavy atom. The van der Waals surface area contributed by atoms with Crippen molar-refractivity contribution in [2.24, 2.45) is 4.99 Å². The van der Waals surface area contributed by atoms with Crippen LogP contribution in [0.15, 0.2) is 157 Å². The minimum Gasteiger partial charge on any atom is -0.313 e. The summed E-state index contributed by atoms with van der Waals surface area (Å²) in [6.07, 6.45) is 1.76. The Balaban J connectivity index is 1.39. The third-order valence-electron chi connectivity index (χ3n) is 11.2. The Bertz CT molecular complexity index is 3610. The van der Waals surface area contributed by atoms with Crippen LogP contribution >= 0.6 is 0 Å². The quantitative estimate of drug-likeness (QED) is 0.117. The van der Waals surface area contributed by atoms with E-state index in [1.54, 1.807) is 42.6 Å². The van der Waals surface area contributed by atoms with Gasteiger partial charge in [0.15, 0.2) is 0 Å². The highest BCUT2D eigenvalue weighted by atomic mass is 15.0. The van der Waals surface area contributed by atoms with Crippen molar-refractivity contribution in [2.75, 3.05) is 0 Å². The largest absolute Gasteiger partial charge is 0.313 e. The summed E-state index contributed by atoms with van der Waals surface area (Å²) in [5.74, 6) is 0. The first-order chi connectivity index (χ1) is 29.9. The molecule has 8 nitrogen and oxygen atoms in total. The van der Waals surface area contributed by atoms with Crippen molar-refractivity contribution in [3.05, 3.63) is 185 Å². The summed E-state index contributed by atoms with van der Waals surface area (Å²) in [6.45, 7) is 6.02. The summed E-state index contributed by atoms with van der Waals surface area (Å²) in [7, 11) is 0. The lowest BCUT2D eigenvalue weighted by atomic mass is 9.96. The molecule has 0 bridgehead atoms. The first kappa shape index (κ1) is 37.3. The van der Waals surface area contributed by atoms with E-state index in [2.05, 4.69) is 107 Å². The highest BCUT2D eigenvalue weighted by Crippen LogP contribution is 2.43. The van der Waals surface area contributed by atoms with Crippen molar-refractivity contribution in [1.82, 2.24) is 9.13 Å². The minimum atomic E-state index is 0.396. The second-order valence-electron chi connectivity index (χ2n) is 14.5. The van der Waals surface area contributed by atoms with Gasteiger partial charge in [0.25, 0.3) is 0 Å². The monoisotopic (exact) mass is 778 g/mol. The van der Waals surface area contributed by atoms with E-state index in [0.29, 0.717) is 44.6 Å². The predicted molar refractivity (Wildman–Crippen MR) is 242 cm³/mol. The molecule has 2 aromatic heterocycles. The van der Waals surface area contributed by atoms with Crippen LogP contribution in [0.25, 0.3) is 82.8 Å². The molecule has 2 heterocycles. The Labute approximate surface area is 351 Å². The van der Waals surface area contributed by atoms with E-state index in [9.17, 15) is 26.3 Å². The number of allylic oxidation sites excluding steroid dienone is 3. The fourth-order valence-electron chi connectivity index (χ4n) is 8.50. The Kier molecular flexibility index (Phi) is 9.33. The molecule has 0 aliphatic heterocycles. The molecule has 0 atom stereocenters. The first-order valence-electron chi connectivity index (χ1n) is 19.3. The zero-order valence-corrected chi connectivity index (χ0v) is 32.7. The number of nitrogens with zero attached hydrogens (tertiary/aromatic N) is 8. The standard InChI is InChI=1S/C53H30N8/c1-33(60-48-9-5-3-7-44(48)46-21-17-38(25-50(46)60)42-19-13-35(28-55)23-40(42)30-57)53(37-15-11-34(27-54)12-16-37)52(32-59-2)61-49-10-6-4-8-45(49)47-22-18-39(26-51(47)61)43-20-14-36(29-56)24-41(43)31-58/h3-26,32H,2H2,1H3/b52-32+,53-33+. The van der Waals surface area contributed by atoms with Crippen molar-refractivity contribution in [2.45, 2.75) is 6.92 Å². The zero-order valence-electron chi connectivity index (χ0n) is 32.7. The van der Waals surface area contributed by atoms with Gasteiger partial charge < -0.3 is 9.13 Å². The molecule has 0 aliphatic rings. The maximum atomic E-state index is 10.2. The minimum absolute atomic E-state index is 0.396. The van der Waals surface area contributed by atoms with Crippen LogP contribution in [0.3, 0.4) is 0 Å². The van der Waals surface area contributed by atoms with E-state index in [0.717, 1.165) is 71.6 Å². The smallest absolute Gasteiger partial charge is 0.0998 e. The molecule has 9 rings (SSSR count). The van der Waals surface area contributed by atoms with Crippen molar-refractivity contribution in [3.63, 3.8) is 0 Å². The summed E-state index contributed by atoms with van der Waals surface area (Å²) in [4.78, 5) is 4.43. The van der Waals surface area contributed by atoms with Gasteiger partial charge in [-0.3, -0.25) is 4.99 Å². The molecule has 8 heteroatoms. The third-order valence-corrected chi connectivity index (χ3v) is 11.2. The van der Waals surface area contributed by atoms with E-state index >= 15 is 0 Å². The lowest BCUT2D eigenvalue weighted by Crippen LogP contribution is -2.06. The van der Waals surface area contributed by atoms with Gasteiger partial charge in [0, 0.05) is 32.8 Å². The topological polar surface area (TPSA) is 141 Å². The number of rotatable bonds is 7. The van der Waals surface area contributed by atoms with Gasteiger partial charge >= 0.3 is 0 Å². The van der Waals surface area contributed by atoms with E-state index in [1.807, 2.05) is 60.7 Å². The molecule has 0 unspecified atom stereocenters. The average Bonchev–Trinajstić information content (AvgIpc) is 3.83. The number of para-hydroxylation sites is 2. The molecular weight excluding hydrogens is 749 g/mol. The number of hydrogen-bond donors (Lipinski definition) is 0. The second kappa shape index (κ2) is 15.2. The maximum Gasteiger partial charge on any atom is 0.0998 e. The van der Waals surface area contributed by atoms with Gasteiger partial charge in [-0.1, -0.05) is 84.9 Å². The lowest BCUT2D eigenvalue weighted by molar-refractivity contribution is 1.18. The molecule has 0 saturated heterocycles. The van der Waals surface area contributed by atoms with E-state index in [-0.39, 0.29) is 0 Å². The molecule has 9 aromatic rings. The van der Waals surface area contributed by atoms with Crippen LogP contribution in [0.4, 0.5) is 0 Å². The molecule has 0 radical (unpaired) electrons. The van der Waals surface area contributed by atoms with Crippen LogP contribution in [0.5, 0.6) is 0 Å². The van der Waals surface area contributed by atoms with Crippen molar-refractivity contribution < 1.29 is 0 Å². The average molecular weight is 779 g/mol. The Morgan fingerprint density at radius 2 is 0.951 bits per heavy atom. The molecule has 7 aromatic carbocycles. The highest BCUT2D eigenvalue weighted by Gasteiger charge is 2.24. The second-order valence-corrected chi connectivity index (χ2v) is 14.5. The number of aliphatic imine (C=N–C) groups is 1. The molecule has 0 N–H and O–H groups in total. The van der Waals surface area contributed by atoms with Crippen molar-refractivity contribution in [3.8, 4) is 52.6 Å². The van der Waals surface area contributed by atoms with Crippen LogP contribution in [-0.4, -0.2) is 15.9 Å². The number of fused-ring (bicyclic) bond motifs is 6. The SMILES string of the molecule is C=N/C=C(\C(=C(/C)n1c2ccccc2c2ccc(-c3ccc(C#N)cc3C#N)cc21)c1ccc(C#N)cc1)n1c2ccccc2c2ccc(-c3ccc(C#N)cc3C#N)cc21. The lowest BCUT2D eigenvalue weighted by Gasteiger charge is -2.21. The van der Waals surface area contributed by atoms with Crippen LogP contribution in [0.1, 0.15) is 40.3 Å². The number of nitriles is 5. The van der Waals surface area contributed by atoms with Crippen molar-refractivity contribution in [1.29, 1.82) is 26.3 Å². The highest BCUT2D eigenvalue weighted by molar-refractivity contribution is 6.19. The number of benzene rings is 7. The van der Waals surface area contributed by atoms with Gasteiger partial charge in [0.05, 0.1) is 92.1 Å². The van der Waals surface area contributed by atoms with Crippen LogP contribution in [0, 0.1) is 56.7 Å². The van der Waals surface area contributed by atoms with Gasteiger partial charge in [-0.05, 0) is 102 Å². The fraction of sp³-hybridized carbons (Fsp3) is 0.0189. The molecule has 0 spiro atoms. The van der Waals surface area contributed by atoms with Gasteiger partial charge in [-0.25, -0.2) is 0 Å². The number of aromatic nitrogens is 2. The molecule has 0 fully saturated rings. The summed E-state index contributed by atoms with van der Waals surface area (Å²) >= 11 is 0. The molecular formula is C53H30N8. The molecule has 0 amide bonds. The molecule has 0 saturated carbocycles. The van der Waals surface area contributed by atoms with Crippen molar-refractivity contribution >= 4 is 67.3 Å². The van der Waals surface area contributed by atoms with E-state index in [1.165, 1.54) is 0 Å². The molecule has 0 aliphatic carbocycles. The fourth-order valence-corrected chi connectivity index (χ4v) is 8.50. The normalized spacial score (nSPS) is 11.7. The van der Waals surface area contributed by atoms with Crippen LogP contribution in [-0.2, 0) is 0 Å². The van der Waals surface area contributed by atoms with Gasteiger partial charge in [-0.15, -0.1) is 0 Å². The summed E-state index contributed by atoms with van der Waals surface area (Å²) in [5, 5.41) is 53.3. The van der Waals surface area contributed by atoms with E-state index < -0.39 is 0 Å². The zero-order chi connectivity index (χ0) is 42.2. The molecule has 282 valence electrons. The third kappa shape index (κ3) is 6.17. The Morgan fingerprint density at radius 3 is 1.44 bits per heavy atom. The van der Waals surface area contributed by atoms with E-state index in [4.69, 9.17) is 0 Å². The predicted octanol–water partition coefficient (Wildman–Crippen LogP) is 12.2. The van der Waals surface area contributed by atoms with Gasteiger partial charge in [-0.2, -0.15) is 26.3 Å². The van der Waals surface area contributed by atoms with Crippen LogP contribution in [0.2, 0.25) is 0 Å². The Hall–Kier alpha value is -9.26. The van der Waals surface area contributed by atoms with Crippen LogP contribution < -0.4 is 0 Å². The summed E-state index contributed by atoms with van der Waals surface area (Å²) < 4.78 is 4.40. The first-order valence-corrected chi connectivity index (χ1v) is 19.3. The maximum absolute atomic E-state index is 10.2.